The van der Waals surface area contributed by atoms with E-state index in [-0.39, 0.29) is 17.5 Å². The molecule has 1 unspecified atom stereocenters. The molecule has 1 aliphatic heterocycles. The number of carbonyl (C=O) groups is 1. The molecule has 1 amide bonds. The van der Waals surface area contributed by atoms with Crippen molar-refractivity contribution in [1.82, 2.24) is 19.8 Å². The average Bonchev–Trinajstić information content (AvgIpc) is 3.54. The van der Waals surface area contributed by atoms with Gasteiger partial charge in [0.2, 0.25) is 0 Å². The van der Waals surface area contributed by atoms with E-state index in [1.165, 1.54) is 17.6 Å². The molecule has 9 heteroatoms. The normalized spacial score (nSPS) is 16.2. The van der Waals surface area contributed by atoms with Gasteiger partial charge >= 0.3 is 0 Å². The van der Waals surface area contributed by atoms with E-state index in [4.69, 9.17) is 9.40 Å². The number of furan rings is 1. The number of aromatic amines is 1. The lowest BCUT2D eigenvalue weighted by Crippen LogP contribution is -2.49. The second-order valence-corrected chi connectivity index (χ2v) is 9.05. The van der Waals surface area contributed by atoms with Crippen LogP contribution in [0.25, 0.3) is 20.7 Å². The summed E-state index contributed by atoms with van der Waals surface area (Å²) in [6.07, 6.45) is 1.51. The Hall–Kier alpha value is -2.75. The molecule has 0 saturated carbocycles. The maximum absolute atomic E-state index is 12.9. The van der Waals surface area contributed by atoms with Gasteiger partial charge in [-0.05, 0) is 30.5 Å². The van der Waals surface area contributed by atoms with Crippen molar-refractivity contribution in [1.29, 1.82) is 0 Å². The molecule has 0 spiro atoms. The van der Waals surface area contributed by atoms with E-state index in [9.17, 15) is 9.59 Å². The van der Waals surface area contributed by atoms with E-state index in [0.29, 0.717) is 43.1 Å². The molecular formula is C21H20N4O3S2. The highest BCUT2D eigenvalue weighted by molar-refractivity contribution is 7.18. The molecular weight excluding hydrogens is 420 g/mol. The van der Waals surface area contributed by atoms with Crippen molar-refractivity contribution in [3.05, 3.63) is 63.2 Å². The summed E-state index contributed by atoms with van der Waals surface area (Å²) in [6, 6.07) is 7.36. The van der Waals surface area contributed by atoms with Crippen molar-refractivity contribution in [3.8, 4) is 10.4 Å². The fourth-order valence-corrected chi connectivity index (χ4v) is 5.59. The molecule has 1 saturated heterocycles. The molecule has 5 heterocycles. The zero-order valence-corrected chi connectivity index (χ0v) is 18.0. The SMILES string of the molecule is CC(c1nc2scc(-c3cccs3)c2c(=O)[nH]1)N1CCN(C(=O)c2ccco2)CC1. The van der Waals surface area contributed by atoms with Gasteiger partial charge in [0.25, 0.3) is 11.5 Å². The van der Waals surface area contributed by atoms with Crippen molar-refractivity contribution in [2.45, 2.75) is 13.0 Å². The second kappa shape index (κ2) is 7.82. The van der Waals surface area contributed by atoms with Gasteiger partial charge in [0, 0.05) is 42.0 Å². The third kappa shape index (κ3) is 3.38. The molecule has 4 aromatic rings. The van der Waals surface area contributed by atoms with Crippen LogP contribution in [0.2, 0.25) is 0 Å². The first-order valence-electron chi connectivity index (χ1n) is 9.74. The molecule has 30 heavy (non-hydrogen) atoms. The van der Waals surface area contributed by atoms with Crippen LogP contribution in [0.5, 0.6) is 0 Å². The molecule has 0 aromatic carbocycles. The smallest absolute Gasteiger partial charge is 0.289 e. The topological polar surface area (TPSA) is 82.4 Å². The van der Waals surface area contributed by atoms with Crippen LogP contribution in [0.3, 0.4) is 0 Å². The zero-order chi connectivity index (χ0) is 20.7. The Bertz CT molecular complexity index is 1220. The van der Waals surface area contributed by atoms with Gasteiger partial charge in [0.05, 0.1) is 17.7 Å². The minimum atomic E-state index is -0.0990. The standard InChI is InChI=1S/C21H20N4O3S2/c1-13(24-6-8-25(9-7-24)21(27)15-4-2-10-28-15)18-22-19(26)17-14(12-30-20(17)23-18)16-5-3-11-29-16/h2-5,10-13H,6-9H2,1H3,(H,22,23,26). The van der Waals surface area contributed by atoms with Gasteiger partial charge in [-0.15, -0.1) is 22.7 Å². The van der Waals surface area contributed by atoms with Crippen LogP contribution < -0.4 is 5.56 Å². The number of hydrogen-bond acceptors (Lipinski definition) is 7. The summed E-state index contributed by atoms with van der Waals surface area (Å²) in [5.41, 5.74) is 0.848. The summed E-state index contributed by atoms with van der Waals surface area (Å²) in [5.74, 6) is 0.949. The number of amides is 1. The maximum Gasteiger partial charge on any atom is 0.289 e. The third-order valence-electron chi connectivity index (χ3n) is 5.53. The second-order valence-electron chi connectivity index (χ2n) is 7.24. The predicted octanol–water partition coefficient (Wildman–Crippen LogP) is 3.83. The summed E-state index contributed by atoms with van der Waals surface area (Å²) < 4.78 is 5.22. The molecule has 1 N–H and O–H groups in total. The van der Waals surface area contributed by atoms with Crippen molar-refractivity contribution >= 4 is 38.8 Å². The number of nitrogens with one attached hydrogen (secondary N) is 1. The quantitative estimate of drug-likeness (QED) is 0.522. The van der Waals surface area contributed by atoms with Crippen molar-refractivity contribution in [2.75, 3.05) is 26.2 Å². The Morgan fingerprint density at radius 2 is 2.03 bits per heavy atom. The number of piperazine rings is 1. The summed E-state index contributed by atoms with van der Waals surface area (Å²) in [6.45, 7) is 4.68. The van der Waals surface area contributed by atoms with E-state index in [1.807, 2.05) is 29.8 Å². The Balaban J connectivity index is 1.34. The lowest BCUT2D eigenvalue weighted by Gasteiger charge is -2.37. The van der Waals surface area contributed by atoms with Gasteiger partial charge in [-0.1, -0.05) is 6.07 Å². The molecule has 0 aliphatic carbocycles. The number of rotatable bonds is 4. The van der Waals surface area contributed by atoms with Crippen LogP contribution >= 0.6 is 22.7 Å². The monoisotopic (exact) mass is 440 g/mol. The largest absolute Gasteiger partial charge is 0.459 e. The lowest BCUT2D eigenvalue weighted by molar-refractivity contribution is 0.0547. The molecule has 0 bridgehead atoms. The lowest BCUT2D eigenvalue weighted by atomic mass is 10.2. The Kier molecular flexibility index (Phi) is 5.01. The Labute approximate surface area is 180 Å². The van der Waals surface area contributed by atoms with Crippen LogP contribution in [0.4, 0.5) is 0 Å². The fourth-order valence-electron chi connectivity index (χ4n) is 3.82. The summed E-state index contributed by atoms with van der Waals surface area (Å²) in [7, 11) is 0. The van der Waals surface area contributed by atoms with Crippen molar-refractivity contribution in [3.63, 3.8) is 0 Å². The zero-order valence-electron chi connectivity index (χ0n) is 16.3. The number of aromatic nitrogens is 2. The summed E-state index contributed by atoms with van der Waals surface area (Å²) >= 11 is 3.12. The van der Waals surface area contributed by atoms with Crippen LogP contribution in [0, 0.1) is 0 Å². The molecule has 1 fully saturated rings. The van der Waals surface area contributed by atoms with Gasteiger partial charge in [0.15, 0.2) is 5.76 Å². The summed E-state index contributed by atoms with van der Waals surface area (Å²) in [4.78, 5) is 39.0. The van der Waals surface area contributed by atoms with Gasteiger partial charge < -0.3 is 14.3 Å². The molecule has 154 valence electrons. The number of H-pyrrole nitrogens is 1. The number of fused-ring (bicyclic) bond motifs is 1. The molecule has 7 nitrogen and oxygen atoms in total. The molecule has 4 aromatic heterocycles. The highest BCUT2D eigenvalue weighted by Gasteiger charge is 2.28. The van der Waals surface area contributed by atoms with Crippen LogP contribution in [0.1, 0.15) is 29.3 Å². The van der Waals surface area contributed by atoms with E-state index >= 15 is 0 Å². The highest BCUT2D eigenvalue weighted by atomic mass is 32.1. The molecule has 5 rings (SSSR count). The molecule has 0 radical (unpaired) electrons. The van der Waals surface area contributed by atoms with Gasteiger partial charge in [0.1, 0.15) is 10.7 Å². The highest BCUT2D eigenvalue weighted by Crippen LogP contribution is 2.34. The average molecular weight is 441 g/mol. The van der Waals surface area contributed by atoms with Crippen LogP contribution in [-0.2, 0) is 0 Å². The first-order chi connectivity index (χ1) is 14.6. The van der Waals surface area contributed by atoms with E-state index in [2.05, 4.69) is 9.88 Å². The predicted molar refractivity (Wildman–Crippen MR) is 118 cm³/mol. The maximum atomic E-state index is 12.9. The number of hydrogen-bond donors (Lipinski definition) is 1. The number of nitrogens with zero attached hydrogens (tertiary/aromatic N) is 3. The van der Waals surface area contributed by atoms with Gasteiger partial charge in [-0.3, -0.25) is 14.5 Å². The number of carbonyl (C=O) groups excluding carboxylic acids is 1. The van der Waals surface area contributed by atoms with Gasteiger partial charge in [-0.25, -0.2) is 4.98 Å². The Morgan fingerprint density at radius 1 is 1.20 bits per heavy atom. The Morgan fingerprint density at radius 3 is 2.73 bits per heavy atom. The molecule has 1 atom stereocenters. The van der Waals surface area contributed by atoms with Crippen molar-refractivity contribution in [2.24, 2.45) is 0 Å². The third-order valence-corrected chi connectivity index (χ3v) is 7.30. The van der Waals surface area contributed by atoms with Crippen LogP contribution in [0.15, 0.2) is 50.5 Å². The molecule has 1 aliphatic rings. The first-order valence-corrected chi connectivity index (χ1v) is 11.5. The van der Waals surface area contributed by atoms with E-state index < -0.39 is 0 Å². The summed E-state index contributed by atoms with van der Waals surface area (Å²) in [5, 5.41) is 4.67. The minimum absolute atomic E-state index is 0.0461. The first kappa shape index (κ1) is 19.2. The van der Waals surface area contributed by atoms with Gasteiger partial charge in [-0.2, -0.15) is 0 Å². The van der Waals surface area contributed by atoms with E-state index in [0.717, 1.165) is 15.3 Å². The minimum Gasteiger partial charge on any atom is -0.459 e. The fraction of sp³-hybridized carbons (Fsp3) is 0.286. The van der Waals surface area contributed by atoms with Crippen molar-refractivity contribution < 1.29 is 9.21 Å². The van der Waals surface area contributed by atoms with E-state index in [1.54, 1.807) is 28.4 Å². The number of thiophene rings is 2. The van der Waals surface area contributed by atoms with Crippen LogP contribution in [-0.4, -0.2) is 51.9 Å².